The van der Waals surface area contributed by atoms with Crippen molar-refractivity contribution < 1.29 is 23.1 Å². The lowest BCUT2D eigenvalue weighted by Crippen LogP contribution is -2.56. The van der Waals surface area contributed by atoms with Gasteiger partial charge in [-0.15, -0.1) is 0 Å². The first-order valence-corrected chi connectivity index (χ1v) is 8.39. The second-order valence-electron chi connectivity index (χ2n) is 5.66. The number of hydrogen-bond acceptors (Lipinski definition) is 4. The van der Waals surface area contributed by atoms with Crippen molar-refractivity contribution in [2.75, 3.05) is 26.3 Å². The van der Waals surface area contributed by atoms with E-state index in [2.05, 4.69) is 4.72 Å². The SMILES string of the molecule is CC1(C(=O)O)CCCCC1NS(=O)(=O)N1CCOCC1. The molecular formula is C12H22N2O5S. The van der Waals surface area contributed by atoms with Crippen LogP contribution in [0.1, 0.15) is 32.6 Å². The van der Waals surface area contributed by atoms with Crippen molar-refractivity contribution in [2.45, 2.75) is 38.6 Å². The van der Waals surface area contributed by atoms with Gasteiger partial charge in [-0.05, 0) is 19.8 Å². The summed E-state index contributed by atoms with van der Waals surface area (Å²) in [4.78, 5) is 11.5. The van der Waals surface area contributed by atoms with Crippen LogP contribution in [0.5, 0.6) is 0 Å². The van der Waals surface area contributed by atoms with E-state index in [9.17, 15) is 18.3 Å². The zero-order valence-corrected chi connectivity index (χ0v) is 12.5. The maximum Gasteiger partial charge on any atom is 0.310 e. The number of aliphatic carboxylic acids is 1. The summed E-state index contributed by atoms with van der Waals surface area (Å²) in [6.45, 7) is 3.00. The fourth-order valence-corrected chi connectivity index (χ4v) is 4.34. The zero-order valence-electron chi connectivity index (χ0n) is 11.7. The Morgan fingerprint density at radius 2 is 2.00 bits per heavy atom. The van der Waals surface area contributed by atoms with E-state index in [0.29, 0.717) is 39.1 Å². The maximum absolute atomic E-state index is 12.3. The van der Waals surface area contributed by atoms with Gasteiger partial charge in [-0.2, -0.15) is 17.4 Å². The molecule has 0 amide bonds. The Balaban J connectivity index is 2.11. The van der Waals surface area contributed by atoms with Crippen LogP contribution >= 0.6 is 0 Å². The molecule has 1 aliphatic heterocycles. The van der Waals surface area contributed by atoms with E-state index in [1.807, 2.05) is 0 Å². The average Bonchev–Trinajstić information content (AvgIpc) is 2.42. The van der Waals surface area contributed by atoms with Crippen LogP contribution < -0.4 is 4.72 Å². The van der Waals surface area contributed by atoms with Crippen molar-refractivity contribution in [2.24, 2.45) is 5.41 Å². The summed E-state index contributed by atoms with van der Waals surface area (Å²) < 4.78 is 33.7. The van der Waals surface area contributed by atoms with Crippen LogP contribution in [-0.4, -0.2) is 56.1 Å². The third kappa shape index (κ3) is 3.13. The molecule has 20 heavy (non-hydrogen) atoms. The molecule has 7 nitrogen and oxygen atoms in total. The topological polar surface area (TPSA) is 95.9 Å². The van der Waals surface area contributed by atoms with Crippen LogP contribution in [0.2, 0.25) is 0 Å². The van der Waals surface area contributed by atoms with Gasteiger partial charge in [0, 0.05) is 19.1 Å². The summed E-state index contributed by atoms with van der Waals surface area (Å²) in [5, 5.41) is 9.41. The number of nitrogens with one attached hydrogen (secondary N) is 1. The number of nitrogens with zero attached hydrogens (tertiary/aromatic N) is 1. The molecule has 1 saturated heterocycles. The first-order valence-electron chi connectivity index (χ1n) is 6.95. The van der Waals surface area contributed by atoms with Gasteiger partial charge in [0.1, 0.15) is 0 Å². The monoisotopic (exact) mass is 306 g/mol. The van der Waals surface area contributed by atoms with E-state index in [4.69, 9.17) is 4.74 Å². The molecule has 0 aromatic heterocycles. The summed E-state index contributed by atoms with van der Waals surface area (Å²) in [5.74, 6) is -0.938. The molecule has 2 aliphatic rings. The molecular weight excluding hydrogens is 284 g/mol. The molecule has 8 heteroatoms. The van der Waals surface area contributed by atoms with Gasteiger partial charge in [-0.3, -0.25) is 4.79 Å². The third-order valence-corrected chi connectivity index (χ3v) is 5.93. The number of ether oxygens (including phenoxy) is 1. The number of hydrogen-bond donors (Lipinski definition) is 2. The molecule has 0 radical (unpaired) electrons. The number of carboxylic acids is 1. The van der Waals surface area contributed by atoms with E-state index in [1.54, 1.807) is 6.92 Å². The van der Waals surface area contributed by atoms with Gasteiger partial charge in [0.2, 0.25) is 0 Å². The highest BCUT2D eigenvalue weighted by Gasteiger charge is 2.45. The summed E-state index contributed by atoms with van der Waals surface area (Å²) in [6.07, 6.45) is 2.72. The zero-order chi connectivity index (χ0) is 14.8. The van der Waals surface area contributed by atoms with Gasteiger partial charge in [-0.25, -0.2) is 0 Å². The van der Waals surface area contributed by atoms with Gasteiger partial charge in [-0.1, -0.05) is 12.8 Å². The van der Waals surface area contributed by atoms with Gasteiger partial charge < -0.3 is 9.84 Å². The highest BCUT2D eigenvalue weighted by molar-refractivity contribution is 7.87. The van der Waals surface area contributed by atoms with Crippen LogP contribution in [0.15, 0.2) is 0 Å². The Morgan fingerprint density at radius 3 is 2.60 bits per heavy atom. The Bertz CT molecular complexity index is 460. The number of rotatable bonds is 4. The van der Waals surface area contributed by atoms with Gasteiger partial charge in [0.25, 0.3) is 10.2 Å². The van der Waals surface area contributed by atoms with Crippen LogP contribution in [0.3, 0.4) is 0 Å². The van der Waals surface area contributed by atoms with Gasteiger partial charge >= 0.3 is 5.97 Å². The Morgan fingerprint density at radius 1 is 1.35 bits per heavy atom. The Hall–Kier alpha value is -0.700. The molecule has 0 spiro atoms. The number of morpholine rings is 1. The lowest BCUT2D eigenvalue weighted by Gasteiger charge is -2.39. The summed E-state index contributed by atoms with van der Waals surface area (Å²) in [5.41, 5.74) is -1.03. The van der Waals surface area contributed by atoms with E-state index in [0.717, 1.165) is 12.8 Å². The first-order chi connectivity index (χ1) is 9.36. The lowest BCUT2D eigenvalue weighted by atomic mass is 9.72. The molecule has 2 unspecified atom stereocenters. The second kappa shape index (κ2) is 5.97. The van der Waals surface area contributed by atoms with Gasteiger partial charge in [0.05, 0.1) is 18.6 Å². The van der Waals surface area contributed by atoms with E-state index in [1.165, 1.54) is 4.31 Å². The highest BCUT2D eigenvalue weighted by atomic mass is 32.2. The lowest BCUT2D eigenvalue weighted by molar-refractivity contribution is -0.151. The normalized spacial score (nSPS) is 33.0. The molecule has 116 valence electrons. The fourth-order valence-electron chi connectivity index (χ4n) is 2.82. The van der Waals surface area contributed by atoms with Crippen molar-refractivity contribution in [1.82, 2.24) is 9.03 Å². The van der Waals surface area contributed by atoms with E-state index in [-0.39, 0.29) is 0 Å². The minimum atomic E-state index is -3.65. The fraction of sp³-hybridized carbons (Fsp3) is 0.917. The maximum atomic E-state index is 12.3. The molecule has 0 bridgehead atoms. The largest absolute Gasteiger partial charge is 0.481 e. The first kappa shape index (κ1) is 15.7. The minimum Gasteiger partial charge on any atom is -0.481 e. The molecule has 2 N–H and O–H groups in total. The van der Waals surface area contributed by atoms with Crippen molar-refractivity contribution in [3.63, 3.8) is 0 Å². The van der Waals surface area contributed by atoms with Crippen LogP contribution in [0.4, 0.5) is 0 Å². The number of carboxylic acid groups (broad SMARTS) is 1. The quantitative estimate of drug-likeness (QED) is 0.773. The predicted octanol–water partition coefficient (Wildman–Crippen LogP) is 0.187. The highest BCUT2D eigenvalue weighted by Crippen LogP contribution is 2.36. The molecule has 1 aliphatic carbocycles. The van der Waals surface area contributed by atoms with Crippen molar-refractivity contribution >= 4 is 16.2 Å². The van der Waals surface area contributed by atoms with E-state index >= 15 is 0 Å². The average molecular weight is 306 g/mol. The van der Waals surface area contributed by atoms with Crippen LogP contribution in [0, 0.1) is 5.41 Å². The number of carbonyl (C=O) groups is 1. The molecule has 1 heterocycles. The summed E-state index contributed by atoms with van der Waals surface area (Å²) in [6, 6.07) is -0.554. The summed E-state index contributed by atoms with van der Waals surface area (Å²) in [7, 11) is -3.65. The van der Waals surface area contributed by atoms with Gasteiger partial charge in [0.15, 0.2) is 0 Å². The second-order valence-corrected chi connectivity index (χ2v) is 7.36. The van der Waals surface area contributed by atoms with Crippen molar-refractivity contribution in [1.29, 1.82) is 0 Å². The molecule has 1 saturated carbocycles. The standard InChI is InChI=1S/C12H22N2O5S/c1-12(11(15)16)5-3-2-4-10(12)13-20(17,18)14-6-8-19-9-7-14/h10,13H,2-9H2,1H3,(H,15,16). The Kier molecular flexibility index (Phi) is 4.68. The molecule has 2 fully saturated rings. The third-order valence-electron chi connectivity index (χ3n) is 4.30. The molecule has 2 atom stereocenters. The van der Waals surface area contributed by atoms with E-state index < -0.39 is 27.6 Å². The predicted molar refractivity (Wildman–Crippen MR) is 72.4 cm³/mol. The molecule has 0 aromatic rings. The molecule has 2 rings (SSSR count). The Labute approximate surface area is 119 Å². The summed E-state index contributed by atoms with van der Waals surface area (Å²) >= 11 is 0. The van der Waals surface area contributed by atoms with Crippen molar-refractivity contribution in [3.05, 3.63) is 0 Å². The minimum absolute atomic E-state index is 0.311. The van der Waals surface area contributed by atoms with Crippen LogP contribution in [-0.2, 0) is 19.7 Å². The smallest absolute Gasteiger partial charge is 0.310 e. The molecule has 0 aromatic carbocycles. The van der Waals surface area contributed by atoms with Crippen molar-refractivity contribution in [3.8, 4) is 0 Å². The van der Waals surface area contributed by atoms with Crippen LogP contribution in [0.25, 0.3) is 0 Å².